The van der Waals surface area contributed by atoms with Crippen LogP contribution in [0.2, 0.25) is 0 Å². The van der Waals surface area contributed by atoms with Gasteiger partial charge in [-0.05, 0) is 18.6 Å². The number of anilines is 1. The molecule has 6 heteroatoms. The molecule has 1 aliphatic rings. The Labute approximate surface area is 125 Å². The highest BCUT2D eigenvalue weighted by Crippen LogP contribution is 2.27. The van der Waals surface area contributed by atoms with E-state index in [9.17, 15) is 9.59 Å². The first-order chi connectivity index (χ1) is 10.1. The van der Waals surface area contributed by atoms with Crippen molar-refractivity contribution in [3.05, 3.63) is 45.9 Å². The van der Waals surface area contributed by atoms with Crippen LogP contribution in [0.4, 0.5) is 5.69 Å². The number of carbonyl (C=O) groups excluding carboxylic acids is 1. The molecule has 0 amide bonds. The van der Waals surface area contributed by atoms with Gasteiger partial charge in [0.25, 0.3) is 0 Å². The maximum absolute atomic E-state index is 12.1. The van der Waals surface area contributed by atoms with Crippen molar-refractivity contribution in [3.8, 4) is 0 Å². The predicted molar refractivity (Wildman–Crippen MR) is 80.1 cm³/mol. The van der Waals surface area contributed by atoms with E-state index in [1.807, 2.05) is 24.3 Å². The fraction of sp³-hybridized carbons (Fsp3) is 0.267. The van der Waals surface area contributed by atoms with E-state index in [1.54, 1.807) is 5.38 Å². The molecule has 0 fully saturated rings. The van der Waals surface area contributed by atoms with Gasteiger partial charge in [-0.2, -0.15) is 0 Å². The van der Waals surface area contributed by atoms with Gasteiger partial charge in [-0.25, -0.2) is 9.78 Å². The van der Waals surface area contributed by atoms with E-state index >= 15 is 0 Å². The summed E-state index contributed by atoms with van der Waals surface area (Å²) in [6, 6.07) is 7.56. The van der Waals surface area contributed by atoms with Crippen LogP contribution in [0.3, 0.4) is 0 Å². The molecular weight excluding hydrogens is 288 g/mol. The van der Waals surface area contributed by atoms with Crippen molar-refractivity contribution >= 4 is 28.8 Å². The van der Waals surface area contributed by atoms with Crippen molar-refractivity contribution in [2.45, 2.75) is 19.4 Å². The van der Waals surface area contributed by atoms with Gasteiger partial charge in [0.1, 0.15) is 0 Å². The number of aromatic nitrogens is 1. The number of benzene rings is 1. The van der Waals surface area contributed by atoms with Gasteiger partial charge in [-0.1, -0.05) is 12.1 Å². The number of hydrogen-bond donors (Lipinski definition) is 1. The van der Waals surface area contributed by atoms with Crippen molar-refractivity contribution in [2.75, 3.05) is 11.4 Å². The number of para-hydroxylation sites is 1. The number of fused-ring (bicyclic) bond motifs is 1. The Balaban J connectivity index is 1.89. The van der Waals surface area contributed by atoms with Crippen LogP contribution in [0, 0.1) is 0 Å². The van der Waals surface area contributed by atoms with Crippen LogP contribution in [-0.2, 0) is 6.54 Å². The van der Waals surface area contributed by atoms with Crippen LogP contribution in [-0.4, -0.2) is 28.4 Å². The lowest BCUT2D eigenvalue weighted by Gasteiger charge is -2.23. The molecule has 2 heterocycles. The second kappa shape index (κ2) is 5.65. The number of carboxylic acids is 1. The van der Waals surface area contributed by atoms with E-state index in [2.05, 4.69) is 9.88 Å². The second-order valence-electron chi connectivity index (χ2n) is 4.91. The molecule has 5 nitrogen and oxygen atoms in total. The van der Waals surface area contributed by atoms with Crippen LogP contribution in [0.1, 0.15) is 38.7 Å². The first-order valence-corrected chi connectivity index (χ1v) is 7.58. The highest BCUT2D eigenvalue weighted by atomic mass is 32.1. The molecule has 0 bridgehead atoms. The molecule has 0 aliphatic carbocycles. The lowest BCUT2D eigenvalue weighted by atomic mass is 10.1. The molecule has 21 heavy (non-hydrogen) atoms. The molecule has 0 spiro atoms. The fourth-order valence-corrected chi connectivity index (χ4v) is 3.15. The maximum atomic E-state index is 12.1. The molecular formula is C15H14N2O3S. The average Bonchev–Trinajstić information content (AvgIpc) is 2.89. The van der Waals surface area contributed by atoms with Gasteiger partial charge < -0.3 is 10.0 Å². The summed E-state index contributed by atoms with van der Waals surface area (Å²) >= 11 is 1.13. The zero-order valence-electron chi connectivity index (χ0n) is 11.3. The lowest BCUT2D eigenvalue weighted by molar-refractivity contribution is 0.0696. The monoisotopic (exact) mass is 302 g/mol. The van der Waals surface area contributed by atoms with Gasteiger partial charge in [0.2, 0.25) is 5.01 Å². The van der Waals surface area contributed by atoms with E-state index < -0.39 is 5.97 Å². The topological polar surface area (TPSA) is 70.5 Å². The zero-order valence-corrected chi connectivity index (χ0v) is 12.1. The summed E-state index contributed by atoms with van der Waals surface area (Å²) in [5.74, 6) is -0.838. The number of Topliss-reactive ketones (excluding diaryl/α,β-unsaturated/α-hetero) is 1. The standard InChI is InChI=1S/C15H14N2O3S/c18-13-6-3-7-17(12-5-2-1-4-11(12)13)8-10-9-21-14(16-10)15(19)20/h1-2,4-5,9H,3,6-8H2,(H,19,20). The summed E-state index contributed by atoms with van der Waals surface area (Å²) in [6.07, 6.45) is 1.34. The van der Waals surface area contributed by atoms with E-state index in [1.165, 1.54) is 0 Å². The third-order valence-corrected chi connectivity index (χ3v) is 4.34. The Morgan fingerprint density at radius 2 is 2.19 bits per heavy atom. The van der Waals surface area contributed by atoms with Crippen LogP contribution < -0.4 is 4.90 Å². The van der Waals surface area contributed by atoms with Crippen LogP contribution in [0.5, 0.6) is 0 Å². The van der Waals surface area contributed by atoms with Gasteiger partial charge in [0.15, 0.2) is 5.78 Å². The molecule has 1 aromatic heterocycles. The third-order valence-electron chi connectivity index (χ3n) is 3.46. The van der Waals surface area contributed by atoms with E-state index in [-0.39, 0.29) is 10.8 Å². The Kier molecular flexibility index (Phi) is 3.70. The lowest BCUT2D eigenvalue weighted by Crippen LogP contribution is -2.23. The molecule has 2 aromatic rings. The minimum Gasteiger partial charge on any atom is -0.476 e. The van der Waals surface area contributed by atoms with E-state index in [0.717, 1.165) is 41.2 Å². The number of hydrogen-bond acceptors (Lipinski definition) is 5. The Morgan fingerprint density at radius 3 is 2.95 bits per heavy atom. The van der Waals surface area contributed by atoms with Crippen molar-refractivity contribution in [1.82, 2.24) is 4.98 Å². The number of ketones is 1. The van der Waals surface area contributed by atoms with Gasteiger partial charge in [0, 0.05) is 29.6 Å². The van der Waals surface area contributed by atoms with Crippen LogP contribution in [0.25, 0.3) is 0 Å². The molecule has 108 valence electrons. The molecule has 3 rings (SSSR count). The summed E-state index contributed by atoms with van der Waals surface area (Å²) in [5, 5.41) is 10.8. The molecule has 1 aromatic carbocycles. The largest absolute Gasteiger partial charge is 0.476 e. The van der Waals surface area contributed by atoms with Gasteiger partial charge in [-0.15, -0.1) is 11.3 Å². The first-order valence-electron chi connectivity index (χ1n) is 6.70. The number of carbonyl (C=O) groups is 2. The number of rotatable bonds is 3. The normalized spacial score (nSPS) is 14.7. The minimum absolute atomic E-state index is 0.101. The van der Waals surface area contributed by atoms with Crippen molar-refractivity contribution in [2.24, 2.45) is 0 Å². The molecule has 1 N–H and O–H groups in total. The van der Waals surface area contributed by atoms with Crippen molar-refractivity contribution < 1.29 is 14.7 Å². The Morgan fingerprint density at radius 1 is 1.38 bits per heavy atom. The summed E-state index contributed by atoms with van der Waals surface area (Å²) < 4.78 is 0. The second-order valence-corrected chi connectivity index (χ2v) is 5.77. The third kappa shape index (κ3) is 2.80. The number of aromatic carboxylic acids is 1. The highest BCUT2D eigenvalue weighted by Gasteiger charge is 2.21. The average molecular weight is 302 g/mol. The number of carboxylic acid groups (broad SMARTS) is 1. The van der Waals surface area contributed by atoms with Gasteiger partial charge in [-0.3, -0.25) is 4.79 Å². The van der Waals surface area contributed by atoms with E-state index in [0.29, 0.717) is 13.0 Å². The highest BCUT2D eigenvalue weighted by molar-refractivity contribution is 7.11. The fourth-order valence-electron chi connectivity index (χ4n) is 2.51. The molecule has 0 radical (unpaired) electrons. The number of thiazole rings is 1. The smallest absolute Gasteiger partial charge is 0.365 e. The molecule has 0 unspecified atom stereocenters. The summed E-state index contributed by atoms with van der Waals surface area (Å²) in [4.78, 5) is 29.2. The van der Waals surface area contributed by atoms with Crippen molar-refractivity contribution in [1.29, 1.82) is 0 Å². The van der Waals surface area contributed by atoms with Gasteiger partial charge in [0.05, 0.1) is 12.2 Å². The molecule has 0 atom stereocenters. The summed E-state index contributed by atoms with van der Waals surface area (Å²) in [5.41, 5.74) is 2.37. The van der Waals surface area contributed by atoms with Crippen molar-refractivity contribution in [3.63, 3.8) is 0 Å². The maximum Gasteiger partial charge on any atom is 0.365 e. The molecule has 0 saturated carbocycles. The minimum atomic E-state index is -1.00. The van der Waals surface area contributed by atoms with E-state index in [4.69, 9.17) is 5.11 Å². The Hall–Kier alpha value is -2.21. The molecule has 1 aliphatic heterocycles. The summed E-state index contributed by atoms with van der Waals surface area (Å²) in [6.45, 7) is 1.29. The molecule has 0 saturated heterocycles. The van der Waals surface area contributed by atoms with Crippen LogP contribution in [0.15, 0.2) is 29.6 Å². The Bertz CT molecular complexity index is 696. The quantitative estimate of drug-likeness (QED) is 0.944. The van der Waals surface area contributed by atoms with Crippen LogP contribution >= 0.6 is 11.3 Å². The predicted octanol–water partition coefficient (Wildman–Crippen LogP) is 2.82. The van der Waals surface area contributed by atoms with Gasteiger partial charge >= 0.3 is 5.97 Å². The SMILES string of the molecule is O=C(O)c1nc(CN2CCCC(=O)c3ccccc32)cs1. The zero-order chi connectivity index (χ0) is 14.8. The summed E-state index contributed by atoms with van der Waals surface area (Å²) in [7, 11) is 0. The number of nitrogens with zero attached hydrogens (tertiary/aromatic N) is 2. The first kappa shape index (κ1) is 13.8.